The first-order chi connectivity index (χ1) is 14.3. The van der Waals surface area contributed by atoms with Crippen LogP contribution < -0.4 is 0 Å². The predicted molar refractivity (Wildman–Crippen MR) is 168 cm³/mol. The van der Waals surface area contributed by atoms with E-state index in [0.717, 1.165) is 5.57 Å². The number of hydrogen-bond donors (Lipinski definition) is 0. The molecule has 0 fully saturated rings. The number of carbonyl (C=O) groups is 1. The molecule has 1 aliphatic heterocycles. The Labute approximate surface area is 247 Å². The van der Waals surface area contributed by atoms with Gasteiger partial charge in [-0.15, -0.1) is 0 Å². The minimum absolute atomic E-state index is 0. The van der Waals surface area contributed by atoms with Crippen LogP contribution in [0, 0.1) is 14.4 Å². The molecular formula is C9H15B21NOY-2. The molecule has 0 atom stereocenters. The van der Waals surface area contributed by atoms with Gasteiger partial charge in [-0.3, -0.25) is 4.79 Å². The average Bonchev–Trinajstić information content (AvgIpc) is 2.67. The molecule has 0 aromatic heterocycles. The van der Waals surface area contributed by atoms with Gasteiger partial charge in [-0.2, -0.15) is 0 Å². The fourth-order valence-corrected chi connectivity index (χ4v) is 4.72. The monoisotopic (exact) mass is 473 g/mol. The Morgan fingerprint density at radius 2 is 1.33 bits per heavy atom. The van der Waals surface area contributed by atoms with Crippen LogP contribution in [0.1, 0.15) is 6.42 Å². The fourth-order valence-electron chi connectivity index (χ4n) is 4.72. The molecule has 0 saturated carbocycles. The van der Waals surface area contributed by atoms with Crippen molar-refractivity contribution in [2.24, 2.45) is 0 Å². The maximum Gasteiger partial charge on any atom is 0.198 e. The van der Waals surface area contributed by atoms with E-state index in [0.29, 0.717) is 19.5 Å². The standard InChI is InChI=1S/C8H12B21NO.CH3.Y/c1-7-3-5-30(6-4-7)8(31)20(2)26(27(21(10)11)22(12)13)29(25(18)19-9)28(23(14)15)24(16)17;;/h3H,1,4-6H2,2H3;1H3;/q2*-1;. The Bertz CT molecular complexity index is 590. The molecule has 22 radical (unpaired) electrons. The first-order valence-corrected chi connectivity index (χ1v) is 10.5. The molecule has 1 aliphatic rings. The topological polar surface area (TPSA) is 20.3 Å². The first-order valence-electron chi connectivity index (χ1n) is 10.5. The van der Waals surface area contributed by atoms with E-state index in [2.05, 4.69) is 6.92 Å². The van der Waals surface area contributed by atoms with Crippen LogP contribution >= 0.6 is 0 Å². The van der Waals surface area contributed by atoms with Crippen LogP contribution in [0.25, 0.3) is 0 Å². The van der Waals surface area contributed by atoms with Gasteiger partial charge in [-0.1, -0.05) is 6.82 Å². The molecule has 1 rings (SSSR count). The largest absolute Gasteiger partial charge is 0.365 e. The second kappa shape index (κ2) is 17.1. The maximum atomic E-state index is 13.5. The molecule has 0 aromatic rings. The summed E-state index contributed by atoms with van der Waals surface area (Å²) in [5.74, 6) is -0.135. The van der Waals surface area contributed by atoms with Crippen molar-refractivity contribution in [2.45, 2.75) is 13.2 Å². The van der Waals surface area contributed by atoms with Crippen molar-refractivity contribution in [1.82, 2.24) is 4.90 Å². The van der Waals surface area contributed by atoms with E-state index in [-0.39, 0.29) is 45.9 Å². The molecule has 0 saturated heterocycles. The van der Waals surface area contributed by atoms with E-state index < -0.39 is 64.1 Å². The number of carbonyl (C=O) groups excluding carboxylic acids is 1. The zero-order valence-electron chi connectivity index (χ0n) is 20.0. The molecule has 1 amide bonds. The molecule has 0 spiro atoms. The van der Waals surface area contributed by atoms with E-state index >= 15 is 0 Å². The zero-order chi connectivity index (χ0) is 24.0. The van der Waals surface area contributed by atoms with Crippen molar-refractivity contribution >= 4 is 154 Å². The maximum absolute atomic E-state index is 13.5. The molecule has 0 unspecified atom stereocenters. The molecule has 33 heavy (non-hydrogen) atoms. The average molecular weight is 469 g/mol. The van der Waals surface area contributed by atoms with Crippen molar-refractivity contribution in [1.29, 1.82) is 0 Å². The summed E-state index contributed by atoms with van der Waals surface area (Å²) in [6, 6.07) is 0. The molecule has 0 aromatic carbocycles. The molecule has 0 N–H and O–H groups in total. The van der Waals surface area contributed by atoms with Crippen LogP contribution in [-0.2, 0) is 32.7 Å². The van der Waals surface area contributed by atoms with E-state index in [4.69, 9.17) is 77.4 Å². The number of amides is 1. The Kier molecular flexibility index (Phi) is 19.1. The van der Waals surface area contributed by atoms with Crippen LogP contribution in [-0.4, -0.2) is 172 Å². The van der Waals surface area contributed by atoms with Crippen molar-refractivity contribution in [3.63, 3.8) is 0 Å². The minimum atomic E-state index is -0.955. The van der Waals surface area contributed by atoms with Gasteiger partial charge in [0.15, 0.2) is 12.4 Å². The Morgan fingerprint density at radius 1 is 0.909 bits per heavy atom. The van der Waals surface area contributed by atoms with Crippen molar-refractivity contribution < 1.29 is 37.5 Å². The van der Waals surface area contributed by atoms with Crippen LogP contribution in [0.15, 0.2) is 11.6 Å². The molecule has 1 heterocycles. The predicted octanol–water partition coefficient (Wildman–Crippen LogP) is -5.84. The summed E-state index contributed by atoms with van der Waals surface area (Å²) >= 11 is 0. The van der Waals surface area contributed by atoms with Gasteiger partial charge in [0.1, 0.15) is 0 Å². The molecular weight excluding hydrogens is 454 g/mol. The normalized spacial score (nSPS) is 11.9. The van der Waals surface area contributed by atoms with E-state index in [1.165, 1.54) is 7.06 Å². The molecule has 0 bridgehead atoms. The third kappa shape index (κ3) is 10.1. The summed E-state index contributed by atoms with van der Waals surface area (Å²) in [7, 11) is 61.8. The number of rotatable bonds is 11. The van der Waals surface area contributed by atoms with Crippen molar-refractivity contribution in [3.05, 3.63) is 26.0 Å². The van der Waals surface area contributed by atoms with E-state index in [9.17, 15) is 4.79 Å². The van der Waals surface area contributed by atoms with Crippen molar-refractivity contribution in [3.8, 4) is 0 Å². The van der Waals surface area contributed by atoms with Gasteiger partial charge < -0.3 is 12.3 Å². The molecule has 130 valence electrons. The molecule has 24 heteroatoms. The van der Waals surface area contributed by atoms with Gasteiger partial charge in [0, 0.05) is 181 Å². The molecule has 0 aliphatic carbocycles. The van der Waals surface area contributed by atoms with Crippen LogP contribution in [0.2, 0.25) is 6.82 Å². The SMILES string of the molecule is [B][B]B([B])B(B(B([B])[B])B([B])[B])B(B(B([B])[B])B([B])[B])B(C)C(=O)N1CC=C([CH2-])CC1.[CH3-].[Y]. The van der Waals surface area contributed by atoms with Crippen LogP contribution in [0.5, 0.6) is 0 Å². The quantitative estimate of drug-likeness (QED) is 0.218. The Hall–Kier alpha value is 1.55. The summed E-state index contributed by atoms with van der Waals surface area (Å²) < 4.78 is 0. The Balaban J connectivity index is 0. The third-order valence-electron chi connectivity index (χ3n) is 6.36. The second-order valence-corrected chi connectivity index (χ2v) is 8.57. The summed E-state index contributed by atoms with van der Waals surface area (Å²) in [6.07, 6.45) is -4.75. The van der Waals surface area contributed by atoms with Gasteiger partial charge in [-0.25, -0.2) is 18.6 Å². The fraction of sp³-hybridized carbons (Fsp3) is 0.444. The van der Waals surface area contributed by atoms with Crippen molar-refractivity contribution in [2.75, 3.05) is 13.1 Å². The van der Waals surface area contributed by atoms with Crippen LogP contribution in [0.3, 0.4) is 0 Å². The van der Waals surface area contributed by atoms with Gasteiger partial charge in [0.05, 0.1) is 0 Å². The van der Waals surface area contributed by atoms with E-state index in [1.807, 2.05) is 6.08 Å². The second-order valence-electron chi connectivity index (χ2n) is 8.57. The summed E-state index contributed by atoms with van der Waals surface area (Å²) in [5, 5.41) is 0. The van der Waals surface area contributed by atoms with Gasteiger partial charge in [0.25, 0.3) is 0 Å². The molecule has 2 nitrogen and oxygen atoms in total. The third-order valence-corrected chi connectivity index (χ3v) is 6.36. The first kappa shape index (κ1) is 36.7. The number of hydrogen-bond acceptors (Lipinski definition) is 1. The van der Waals surface area contributed by atoms with E-state index in [1.54, 1.807) is 11.7 Å². The van der Waals surface area contributed by atoms with Crippen LogP contribution in [0.4, 0.5) is 4.79 Å². The number of nitrogens with zero attached hydrogens (tertiary/aromatic N) is 1. The summed E-state index contributed by atoms with van der Waals surface area (Å²) in [5.41, 5.74) is 0.986. The smallest absolute Gasteiger partial charge is 0.198 e. The summed E-state index contributed by atoms with van der Waals surface area (Å²) in [6.45, 7) is 6.02. The van der Waals surface area contributed by atoms with Gasteiger partial charge in [-0.05, 0) is 13.0 Å². The Morgan fingerprint density at radius 3 is 1.67 bits per heavy atom. The zero-order valence-corrected chi connectivity index (χ0v) is 22.8. The van der Waals surface area contributed by atoms with Gasteiger partial charge in [0.2, 0.25) is 0 Å². The van der Waals surface area contributed by atoms with Gasteiger partial charge >= 0.3 is 0 Å². The summed E-state index contributed by atoms with van der Waals surface area (Å²) in [4.78, 5) is 15.2. The minimum Gasteiger partial charge on any atom is -0.365 e.